The van der Waals surface area contributed by atoms with Crippen LogP contribution in [0.15, 0.2) is 64.4 Å². The van der Waals surface area contributed by atoms with E-state index in [2.05, 4.69) is 10.4 Å². The number of aromatic nitrogens is 2. The fourth-order valence-electron chi connectivity index (χ4n) is 2.58. The van der Waals surface area contributed by atoms with Crippen molar-refractivity contribution in [1.29, 1.82) is 0 Å². The molecule has 0 saturated heterocycles. The zero-order chi connectivity index (χ0) is 21.4. The average Bonchev–Trinajstić information content (AvgIpc) is 3.05. The molecule has 0 fully saturated rings. The van der Waals surface area contributed by atoms with Gasteiger partial charge in [0.2, 0.25) is 9.84 Å². The lowest BCUT2D eigenvalue weighted by Crippen LogP contribution is -2.16. The molecular formula is C18H15F3N4O3S. The van der Waals surface area contributed by atoms with Gasteiger partial charge in [-0.05, 0) is 36.4 Å². The minimum Gasteiger partial charge on any atom is -0.398 e. The number of amides is 1. The van der Waals surface area contributed by atoms with Crippen LogP contribution in [0.5, 0.6) is 0 Å². The second kappa shape index (κ2) is 7.24. The van der Waals surface area contributed by atoms with Crippen LogP contribution in [0.2, 0.25) is 0 Å². The summed E-state index contributed by atoms with van der Waals surface area (Å²) in [6.45, 7) is 0. The number of anilines is 2. The summed E-state index contributed by atoms with van der Waals surface area (Å²) in [6.07, 6.45) is -4.68. The van der Waals surface area contributed by atoms with E-state index in [1.165, 1.54) is 43.4 Å². The summed E-state index contributed by atoms with van der Waals surface area (Å²) in [6, 6.07) is 11.8. The molecule has 0 saturated carbocycles. The number of hydrogen-bond donors (Lipinski definition) is 2. The van der Waals surface area contributed by atoms with Crippen molar-refractivity contribution in [2.75, 3.05) is 11.1 Å². The molecule has 1 aromatic heterocycles. The quantitative estimate of drug-likeness (QED) is 0.626. The summed E-state index contributed by atoms with van der Waals surface area (Å²) in [7, 11) is -2.65. The predicted molar refractivity (Wildman–Crippen MR) is 98.9 cm³/mol. The van der Waals surface area contributed by atoms with E-state index in [9.17, 15) is 26.4 Å². The SMILES string of the molecule is Cn1nc(C(F)(F)F)cc1C(=O)Nc1ccc(S(=O)(=O)c2ccccc2N)cc1. The fraction of sp³-hybridized carbons (Fsp3) is 0.111. The van der Waals surface area contributed by atoms with Gasteiger partial charge in [0.15, 0.2) is 5.69 Å². The summed E-state index contributed by atoms with van der Waals surface area (Å²) < 4.78 is 64.3. The molecule has 0 atom stereocenters. The van der Waals surface area contributed by atoms with Gasteiger partial charge in [0, 0.05) is 18.8 Å². The molecule has 1 heterocycles. The standard InChI is InChI=1S/C18H15F3N4O3S/c1-25-14(10-16(24-25)18(19,20)21)17(26)23-11-6-8-12(9-7-11)29(27,28)15-5-3-2-4-13(15)22/h2-10H,22H2,1H3,(H,23,26). The van der Waals surface area contributed by atoms with Crippen molar-refractivity contribution < 1.29 is 26.4 Å². The van der Waals surface area contributed by atoms with E-state index in [-0.39, 0.29) is 26.9 Å². The molecule has 0 aliphatic heterocycles. The highest BCUT2D eigenvalue weighted by Crippen LogP contribution is 2.29. The molecule has 0 radical (unpaired) electrons. The number of sulfone groups is 1. The molecule has 152 valence electrons. The van der Waals surface area contributed by atoms with Crippen LogP contribution in [0.4, 0.5) is 24.5 Å². The van der Waals surface area contributed by atoms with Crippen molar-refractivity contribution in [2.45, 2.75) is 16.0 Å². The molecule has 29 heavy (non-hydrogen) atoms. The molecule has 7 nitrogen and oxygen atoms in total. The Bertz CT molecular complexity index is 1170. The first-order chi connectivity index (χ1) is 13.5. The maximum atomic E-state index is 12.7. The van der Waals surface area contributed by atoms with E-state index in [4.69, 9.17) is 5.73 Å². The van der Waals surface area contributed by atoms with E-state index in [0.29, 0.717) is 6.07 Å². The second-order valence-corrected chi connectivity index (χ2v) is 7.97. The van der Waals surface area contributed by atoms with Gasteiger partial charge in [0.1, 0.15) is 5.69 Å². The summed E-state index contributed by atoms with van der Waals surface area (Å²) in [5.74, 6) is -0.821. The molecule has 1 amide bonds. The van der Waals surface area contributed by atoms with Gasteiger partial charge < -0.3 is 11.1 Å². The van der Waals surface area contributed by atoms with Crippen molar-refractivity contribution in [3.63, 3.8) is 0 Å². The Hall–Kier alpha value is -3.34. The lowest BCUT2D eigenvalue weighted by atomic mass is 10.3. The lowest BCUT2D eigenvalue weighted by molar-refractivity contribution is -0.141. The number of nitrogen functional groups attached to an aromatic ring is 1. The van der Waals surface area contributed by atoms with Gasteiger partial charge in [-0.2, -0.15) is 18.3 Å². The van der Waals surface area contributed by atoms with Crippen LogP contribution in [0.25, 0.3) is 0 Å². The van der Waals surface area contributed by atoms with Crippen LogP contribution in [0, 0.1) is 0 Å². The largest absolute Gasteiger partial charge is 0.435 e. The Morgan fingerprint density at radius 3 is 2.28 bits per heavy atom. The zero-order valence-electron chi connectivity index (χ0n) is 14.9. The van der Waals surface area contributed by atoms with E-state index in [1.807, 2.05) is 0 Å². The van der Waals surface area contributed by atoms with Crippen LogP contribution >= 0.6 is 0 Å². The molecule has 0 unspecified atom stereocenters. The van der Waals surface area contributed by atoms with Crippen molar-refractivity contribution in [2.24, 2.45) is 7.05 Å². The number of benzene rings is 2. The Morgan fingerprint density at radius 2 is 1.72 bits per heavy atom. The Morgan fingerprint density at radius 1 is 1.10 bits per heavy atom. The van der Waals surface area contributed by atoms with Crippen LogP contribution in [-0.2, 0) is 23.1 Å². The zero-order valence-corrected chi connectivity index (χ0v) is 15.8. The highest BCUT2D eigenvalue weighted by Gasteiger charge is 2.35. The minimum atomic E-state index is -4.68. The highest BCUT2D eigenvalue weighted by molar-refractivity contribution is 7.91. The third-order valence-electron chi connectivity index (χ3n) is 4.03. The third kappa shape index (κ3) is 4.09. The number of alkyl halides is 3. The third-order valence-corrected chi connectivity index (χ3v) is 5.88. The Balaban J connectivity index is 1.82. The molecule has 11 heteroatoms. The van der Waals surface area contributed by atoms with Gasteiger partial charge in [-0.1, -0.05) is 12.1 Å². The number of carbonyl (C=O) groups excluding carboxylic acids is 1. The van der Waals surface area contributed by atoms with Gasteiger partial charge in [-0.25, -0.2) is 8.42 Å². The summed E-state index contributed by atoms with van der Waals surface area (Å²) in [5, 5.41) is 5.68. The minimum absolute atomic E-state index is 0.0479. The van der Waals surface area contributed by atoms with Gasteiger partial charge in [-0.3, -0.25) is 9.48 Å². The number of nitrogens with zero attached hydrogens (tertiary/aromatic N) is 2. The molecule has 3 N–H and O–H groups in total. The smallest absolute Gasteiger partial charge is 0.398 e. The fourth-order valence-corrected chi connectivity index (χ4v) is 3.97. The molecule has 0 aliphatic rings. The number of halogens is 3. The summed E-state index contributed by atoms with van der Waals surface area (Å²) >= 11 is 0. The number of hydrogen-bond acceptors (Lipinski definition) is 5. The average molecular weight is 424 g/mol. The highest BCUT2D eigenvalue weighted by atomic mass is 32.2. The van der Waals surface area contributed by atoms with Crippen LogP contribution in [-0.4, -0.2) is 24.1 Å². The number of rotatable bonds is 4. The number of carbonyl (C=O) groups is 1. The predicted octanol–water partition coefficient (Wildman–Crippen LogP) is 3.11. The topological polar surface area (TPSA) is 107 Å². The van der Waals surface area contributed by atoms with Crippen molar-refractivity contribution in [1.82, 2.24) is 9.78 Å². The van der Waals surface area contributed by atoms with Gasteiger partial charge >= 0.3 is 6.18 Å². The maximum Gasteiger partial charge on any atom is 0.435 e. The molecule has 3 aromatic rings. The van der Waals surface area contributed by atoms with E-state index in [1.54, 1.807) is 12.1 Å². The molecule has 0 bridgehead atoms. The van der Waals surface area contributed by atoms with E-state index >= 15 is 0 Å². The number of aryl methyl sites for hydroxylation is 1. The van der Waals surface area contributed by atoms with Crippen LogP contribution < -0.4 is 11.1 Å². The van der Waals surface area contributed by atoms with Gasteiger partial charge in [0.05, 0.1) is 15.5 Å². The van der Waals surface area contributed by atoms with Crippen LogP contribution in [0.3, 0.4) is 0 Å². The molecule has 3 rings (SSSR count). The first kappa shape index (κ1) is 20.4. The van der Waals surface area contributed by atoms with Crippen molar-refractivity contribution in [3.05, 3.63) is 66.0 Å². The first-order valence-electron chi connectivity index (χ1n) is 8.12. The maximum absolute atomic E-state index is 12.7. The Kier molecular flexibility index (Phi) is 5.09. The van der Waals surface area contributed by atoms with E-state index < -0.39 is 27.6 Å². The molecular weight excluding hydrogens is 409 g/mol. The molecule has 2 aromatic carbocycles. The van der Waals surface area contributed by atoms with E-state index in [0.717, 1.165) is 4.68 Å². The van der Waals surface area contributed by atoms with Crippen LogP contribution in [0.1, 0.15) is 16.2 Å². The lowest BCUT2D eigenvalue weighted by Gasteiger charge is -2.09. The Labute approximate surface area is 163 Å². The monoisotopic (exact) mass is 424 g/mol. The van der Waals surface area contributed by atoms with Crippen molar-refractivity contribution in [3.8, 4) is 0 Å². The number of nitrogens with one attached hydrogen (secondary N) is 1. The molecule has 0 aliphatic carbocycles. The molecule has 0 spiro atoms. The van der Waals surface area contributed by atoms with Gasteiger partial charge in [-0.15, -0.1) is 0 Å². The number of para-hydroxylation sites is 1. The first-order valence-corrected chi connectivity index (χ1v) is 9.60. The number of nitrogens with two attached hydrogens (primary N) is 1. The summed E-state index contributed by atoms with van der Waals surface area (Å²) in [5.41, 5.74) is 4.54. The van der Waals surface area contributed by atoms with Gasteiger partial charge in [0.25, 0.3) is 5.91 Å². The second-order valence-electron chi connectivity index (χ2n) is 6.06. The van der Waals surface area contributed by atoms with Crippen molar-refractivity contribution >= 4 is 27.1 Å². The normalized spacial score (nSPS) is 12.0. The summed E-state index contributed by atoms with van der Waals surface area (Å²) in [4.78, 5) is 12.2.